The lowest BCUT2D eigenvalue weighted by Gasteiger charge is -2.21. The minimum atomic E-state index is -0.243. The Morgan fingerprint density at radius 1 is 1.32 bits per heavy atom. The van der Waals surface area contributed by atoms with Gasteiger partial charge >= 0.3 is 0 Å². The van der Waals surface area contributed by atoms with Crippen molar-refractivity contribution in [2.24, 2.45) is 5.10 Å². The molecule has 2 aromatic heterocycles. The summed E-state index contributed by atoms with van der Waals surface area (Å²) in [7, 11) is 0. The molecule has 2 atom stereocenters. The molecule has 0 spiro atoms. The van der Waals surface area contributed by atoms with E-state index < -0.39 is 0 Å². The standard InChI is InChI=1S/C21H20ClN3O2S/c1-14(20-5-3-11-28-20)23-13-21(26)25-18(19-4-2-10-27-19)12-17(24-25)15-6-8-16(22)9-7-15/h2-11,14,18,23H,12-13H2,1H3/t14-,18-/m1/s1. The first kappa shape index (κ1) is 18.9. The van der Waals surface area contributed by atoms with Crippen molar-refractivity contribution in [1.29, 1.82) is 0 Å². The first-order chi connectivity index (χ1) is 13.6. The van der Waals surface area contributed by atoms with Gasteiger partial charge in [-0.25, -0.2) is 5.01 Å². The van der Waals surface area contributed by atoms with Crippen molar-refractivity contribution in [3.63, 3.8) is 0 Å². The van der Waals surface area contributed by atoms with E-state index in [0.717, 1.165) is 17.0 Å². The molecule has 1 N–H and O–H groups in total. The van der Waals surface area contributed by atoms with E-state index in [0.29, 0.717) is 11.4 Å². The van der Waals surface area contributed by atoms with Crippen LogP contribution in [0, 0.1) is 0 Å². The Kier molecular flexibility index (Phi) is 5.62. The van der Waals surface area contributed by atoms with Crippen LogP contribution in [0.15, 0.2) is 69.7 Å². The van der Waals surface area contributed by atoms with Crippen LogP contribution in [0.5, 0.6) is 0 Å². The Balaban J connectivity index is 1.52. The first-order valence-electron chi connectivity index (χ1n) is 9.07. The zero-order valence-electron chi connectivity index (χ0n) is 15.3. The van der Waals surface area contributed by atoms with Gasteiger partial charge in [0.25, 0.3) is 5.91 Å². The van der Waals surface area contributed by atoms with E-state index in [9.17, 15) is 4.79 Å². The van der Waals surface area contributed by atoms with Crippen molar-refractivity contribution in [2.75, 3.05) is 6.54 Å². The number of nitrogens with one attached hydrogen (secondary N) is 1. The second-order valence-electron chi connectivity index (χ2n) is 6.65. The second kappa shape index (κ2) is 8.31. The fourth-order valence-electron chi connectivity index (χ4n) is 3.22. The van der Waals surface area contributed by atoms with E-state index in [1.165, 1.54) is 9.89 Å². The quantitative estimate of drug-likeness (QED) is 0.617. The zero-order valence-corrected chi connectivity index (χ0v) is 16.9. The molecule has 0 aliphatic carbocycles. The molecule has 1 aliphatic rings. The van der Waals surface area contributed by atoms with Crippen LogP contribution in [0.4, 0.5) is 0 Å². The fourth-order valence-corrected chi connectivity index (χ4v) is 4.10. The average Bonchev–Trinajstić information content (AvgIpc) is 3.47. The van der Waals surface area contributed by atoms with Crippen LogP contribution in [0.25, 0.3) is 0 Å². The molecule has 1 aromatic carbocycles. The van der Waals surface area contributed by atoms with Gasteiger partial charge in [-0.15, -0.1) is 11.3 Å². The summed E-state index contributed by atoms with van der Waals surface area (Å²) in [6.45, 7) is 2.25. The molecule has 0 fully saturated rings. The Labute approximate surface area is 172 Å². The summed E-state index contributed by atoms with van der Waals surface area (Å²) in [6, 6.07) is 15.1. The molecule has 5 nitrogen and oxygen atoms in total. The van der Waals surface area contributed by atoms with Crippen LogP contribution >= 0.6 is 22.9 Å². The van der Waals surface area contributed by atoms with E-state index in [1.54, 1.807) is 17.6 Å². The number of hydrogen-bond acceptors (Lipinski definition) is 5. The number of hydrazone groups is 1. The van der Waals surface area contributed by atoms with E-state index in [2.05, 4.69) is 23.4 Å². The summed E-state index contributed by atoms with van der Waals surface area (Å²) >= 11 is 7.67. The monoisotopic (exact) mass is 413 g/mol. The molecule has 1 aliphatic heterocycles. The smallest absolute Gasteiger partial charge is 0.257 e. The number of furan rings is 1. The number of carbonyl (C=O) groups is 1. The summed E-state index contributed by atoms with van der Waals surface area (Å²) < 4.78 is 5.58. The van der Waals surface area contributed by atoms with E-state index >= 15 is 0 Å². The van der Waals surface area contributed by atoms with Crippen molar-refractivity contribution in [1.82, 2.24) is 10.3 Å². The highest BCUT2D eigenvalue weighted by molar-refractivity contribution is 7.10. The predicted molar refractivity (Wildman–Crippen MR) is 112 cm³/mol. The first-order valence-corrected chi connectivity index (χ1v) is 10.3. The van der Waals surface area contributed by atoms with Crippen molar-refractivity contribution < 1.29 is 9.21 Å². The Bertz CT molecular complexity index is 952. The number of nitrogens with zero attached hydrogens (tertiary/aromatic N) is 2. The number of rotatable bonds is 6. The number of carbonyl (C=O) groups excluding carboxylic acids is 1. The number of hydrogen-bond donors (Lipinski definition) is 1. The van der Waals surface area contributed by atoms with Gasteiger partial charge in [0.1, 0.15) is 11.8 Å². The van der Waals surface area contributed by atoms with Crippen LogP contribution in [-0.4, -0.2) is 23.2 Å². The molecular weight excluding hydrogens is 394 g/mol. The Morgan fingerprint density at radius 2 is 2.14 bits per heavy atom. The molecule has 3 heterocycles. The predicted octanol–water partition coefficient (Wildman–Crippen LogP) is 5.02. The van der Waals surface area contributed by atoms with Gasteiger partial charge in [0.15, 0.2) is 0 Å². The molecule has 0 unspecified atom stereocenters. The molecule has 0 radical (unpaired) electrons. The minimum absolute atomic E-state index is 0.0891. The fraction of sp³-hybridized carbons (Fsp3) is 0.238. The number of thiophene rings is 1. The molecule has 28 heavy (non-hydrogen) atoms. The second-order valence-corrected chi connectivity index (χ2v) is 8.06. The summed E-state index contributed by atoms with van der Waals surface area (Å²) in [5.41, 5.74) is 1.80. The molecule has 0 saturated carbocycles. The Morgan fingerprint density at radius 3 is 2.82 bits per heavy atom. The minimum Gasteiger partial charge on any atom is -0.467 e. The van der Waals surface area contributed by atoms with Gasteiger partial charge in [-0.1, -0.05) is 29.8 Å². The molecule has 1 amide bonds. The van der Waals surface area contributed by atoms with Gasteiger partial charge in [-0.3, -0.25) is 4.79 Å². The third-order valence-electron chi connectivity index (χ3n) is 4.74. The topological polar surface area (TPSA) is 57.8 Å². The largest absolute Gasteiger partial charge is 0.467 e. The van der Waals surface area contributed by atoms with E-state index in [-0.39, 0.29) is 24.5 Å². The summed E-state index contributed by atoms with van der Waals surface area (Å²) in [5.74, 6) is 0.640. The van der Waals surface area contributed by atoms with Crippen molar-refractivity contribution in [3.8, 4) is 0 Å². The third-order valence-corrected chi connectivity index (χ3v) is 6.05. The summed E-state index contributed by atoms with van der Waals surface area (Å²) in [4.78, 5) is 14.1. The SMILES string of the molecule is C[C@@H](NCC(=O)N1N=C(c2ccc(Cl)cc2)C[C@@H]1c1ccco1)c1cccs1. The summed E-state index contributed by atoms with van der Waals surface area (Å²) in [5, 5.41) is 12.2. The van der Waals surface area contributed by atoms with Crippen LogP contribution in [0.3, 0.4) is 0 Å². The van der Waals surface area contributed by atoms with Crippen molar-refractivity contribution in [2.45, 2.75) is 25.4 Å². The normalized spacial score (nSPS) is 17.6. The molecule has 0 saturated heterocycles. The highest BCUT2D eigenvalue weighted by Gasteiger charge is 2.34. The number of halogens is 1. The van der Waals surface area contributed by atoms with Crippen molar-refractivity contribution in [3.05, 3.63) is 81.4 Å². The lowest BCUT2D eigenvalue weighted by molar-refractivity contribution is -0.132. The van der Waals surface area contributed by atoms with Gasteiger partial charge in [0.05, 0.1) is 18.5 Å². The highest BCUT2D eigenvalue weighted by Crippen LogP contribution is 2.33. The maximum Gasteiger partial charge on any atom is 0.257 e. The molecule has 144 valence electrons. The molecule has 4 rings (SSSR count). The van der Waals surface area contributed by atoms with Gasteiger partial charge in [-0.05, 0) is 48.2 Å². The summed E-state index contributed by atoms with van der Waals surface area (Å²) in [6.07, 6.45) is 2.22. The lowest BCUT2D eigenvalue weighted by atomic mass is 10.0. The molecule has 7 heteroatoms. The van der Waals surface area contributed by atoms with Crippen molar-refractivity contribution >= 4 is 34.6 Å². The van der Waals surface area contributed by atoms with Crippen LogP contribution in [-0.2, 0) is 4.79 Å². The zero-order chi connectivity index (χ0) is 19.5. The molecule has 0 bridgehead atoms. The molecular formula is C21H20ClN3O2S. The highest BCUT2D eigenvalue weighted by atomic mass is 35.5. The van der Waals surface area contributed by atoms with Gasteiger partial charge < -0.3 is 9.73 Å². The third kappa shape index (κ3) is 4.04. The van der Waals surface area contributed by atoms with E-state index in [1.807, 2.05) is 47.8 Å². The van der Waals surface area contributed by atoms with Gasteiger partial charge in [-0.2, -0.15) is 5.10 Å². The van der Waals surface area contributed by atoms with Gasteiger partial charge in [0.2, 0.25) is 0 Å². The average molecular weight is 414 g/mol. The van der Waals surface area contributed by atoms with Crippen LogP contribution in [0.1, 0.15) is 41.6 Å². The Hall–Kier alpha value is -2.41. The number of benzene rings is 1. The van der Waals surface area contributed by atoms with Gasteiger partial charge in [0, 0.05) is 22.4 Å². The van der Waals surface area contributed by atoms with Crippen LogP contribution in [0.2, 0.25) is 5.02 Å². The lowest BCUT2D eigenvalue weighted by Crippen LogP contribution is -2.36. The maximum absolute atomic E-state index is 13.0. The number of amides is 1. The van der Waals surface area contributed by atoms with Crippen LogP contribution < -0.4 is 5.32 Å². The van der Waals surface area contributed by atoms with E-state index in [4.69, 9.17) is 16.0 Å². The molecule has 3 aromatic rings. The maximum atomic E-state index is 13.0.